The van der Waals surface area contributed by atoms with Crippen molar-refractivity contribution >= 4 is 11.9 Å². The number of carbonyl (C=O) groups is 2. The van der Waals surface area contributed by atoms with Crippen LogP contribution in [-0.2, 0) is 11.2 Å². The Morgan fingerprint density at radius 2 is 1.88 bits per heavy atom. The lowest BCUT2D eigenvalue weighted by molar-refractivity contribution is -0.120. The first-order valence-corrected chi connectivity index (χ1v) is 5.42. The van der Waals surface area contributed by atoms with Gasteiger partial charge in [0.05, 0.1) is 5.56 Å². The molecule has 0 heterocycles. The van der Waals surface area contributed by atoms with Gasteiger partial charge >= 0.3 is 5.97 Å². The molecular formula is C12H16N2O3. The number of rotatable bonds is 6. The van der Waals surface area contributed by atoms with Crippen molar-refractivity contribution in [3.63, 3.8) is 0 Å². The normalized spacial score (nSPS) is 9.94. The van der Waals surface area contributed by atoms with Gasteiger partial charge < -0.3 is 16.2 Å². The van der Waals surface area contributed by atoms with Gasteiger partial charge in [-0.05, 0) is 24.1 Å². The Morgan fingerprint density at radius 3 is 2.41 bits per heavy atom. The average Bonchev–Trinajstić information content (AvgIpc) is 2.30. The van der Waals surface area contributed by atoms with Crippen molar-refractivity contribution in [3.05, 3.63) is 35.4 Å². The fourth-order valence-corrected chi connectivity index (χ4v) is 1.38. The molecule has 1 rings (SSSR count). The highest BCUT2D eigenvalue weighted by atomic mass is 16.4. The van der Waals surface area contributed by atoms with Crippen LogP contribution in [0.15, 0.2) is 24.3 Å². The maximum atomic E-state index is 11.1. The number of carbonyl (C=O) groups excluding carboxylic acids is 1. The fourth-order valence-electron chi connectivity index (χ4n) is 1.38. The highest BCUT2D eigenvalue weighted by molar-refractivity contribution is 5.87. The van der Waals surface area contributed by atoms with Crippen LogP contribution < -0.4 is 11.1 Å². The largest absolute Gasteiger partial charge is 0.478 e. The van der Waals surface area contributed by atoms with Crippen molar-refractivity contribution in [1.29, 1.82) is 0 Å². The lowest BCUT2D eigenvalue weighted by Gasteiger charge is -2.04. The molecule has 92 valence electrons. The van der Waals surface area contributed by atoms with E-state index in [0.29, 0.717) is 25.9 Å². The number of carboxylic acid groups (broad SMARTS) is 1. The van der Waals surface area contributed by atoms with E-state index in [9.17, 15) is 9.59 Å². The topological polar surface area (TPSA) is 92.4 Å². The zero-order valence-corrected chi connectivity index (χ0v) is 9.48. The number of amides is 1. The molecule has 5 heteroatoms. The minimum atomic E-state index is -0.937. The van der Waals surface area contributed by atoms with Gasteiger partial charge in [0.25, 0.3) is 0 Å². The van der Waals surface area contributed by atoms with Crippen LogP contribution in [0, 0.1) is 0 Å². The Balaban J connectivity index is 2.37. The number of nitrogens with two attached hydrogens (primary N) is 1. The first kappa shape index (κ1) is 13.2. The number of hydrogen-bond acceptors (Lipinski definition) is 3. The monoisotopic (exact) mass is 236 g/mol. The molecule has 0 radical (unpaired) electrons. The summed E-state index contributed by atoms with van der Waals surface area (Å²) in [6, 6.07) is 6.61. The van der Waals surface area contributed by atoms with E-state index in [4.69, 9.17) is 10.8 Å². The van der Waals surface area contributed by atoms with Crippen LogP contribution in [0.5, 0.6) is 0 Å². The number of aromatic carboxylic acids is 1. The maximum Gasteiger partial charge on any atom is 0.335 e. The molecule has 1 aromatic carbocycles. The summed E-state index contributed by atoms with van der Waals surface area (Å²) < 4.78 is 0. The molecule has 0 fully saturated rings. The molecule has 0 aliphatic rings. The number of benzene rings is 1. The summed E-state index contributed by atoms with van der Waals surface area (Å²) in [7, 11) is 0. The van der Waals surface area contributed by atoms with Crippen LogP contribution in [0.4, 0.5) is 0 Å². The van der Waals surface area contributed by atoms with Gasteiger partial charge in [0.1, 0.15) is 0 Å². The fraction of sp³-hybridized carbons (Fsp3) is 0.333. The second-order valence-electron chi connectivity index (χ2n) is 3.64. The Kier molecular flexibility index (Phi) is 5.16. The summed E-state index contributed by atoms with van der Waals surface area (Å²) in [5.74, 6) is -0.998. The quantitative estimate of drug-likeness (QED) is 0.666. The molecular weight excluding hydrogens is 220 g/mol. The molecule has 1 aromatic rings. The summed E-state index contributed by atoms with van der Waals surface area (Å²) in [5.41, 5.74) is 6.49. The lowest BCUT2D eigenvalue weighted by Crippen LogP contribution is -2.27. The smallest absolute Gasteiger partial charge is 0.335 e. The van der Waals surface area contributed by atoms with E-state index in [0.717, 1.165) is 5.56 Å². The van der Waals surface area contributed by atoms with Gasteiger partial charge in [-0.1, -0.05) is 12.1 Å². The van der Waals surface area contributed by atoms with Crippen molar-refractivity contribution in [2.24, 2.45) is 5.73 Å². The summed E-state index contributed by atoms with van der Waals surface area (Å²) >= 11 is 0. The van der Waals surface area contributed by atoms with Crippen molar-refractivity contribution in [2.45, 2.75) is 12.8 Å². The standard InChI is InChI=1S/C12H16N2O3/c13-7-5-11(15)14-8-6-9-1-3-10(4-2-9)12(16)17/h1-4H,5-8,13H2,(H,14,15)(H,16,17). The van der Waals surface area contributed by atoms with Gasteiger partial charge in [-0.2, -0.15) is 0 Å². The number of hydrogen-bond donors (Lipinski definition) is 3. The van der Waals surface area contributed by atoms with E-state index in [1.807, 2.05) is 0 Å². The second-order valence-corrected chi connectivity index (χ2v) is 3.64. The Labute approximate surface area is 99.6 Å². The predicted octanol–water partition coefficient (Wildman–Crippen LogP) is 0.392. The van der Waals surface area contributed by atoms with Crippen LogP contribution in [0.1, 0.15) is 22.3 Å². The molecule has 0 unspecified atom stereocenters. The average molecular weight is 236 g/mol. The summed E-state index contributed by atoms with van der Waals surface area (Å²) in [6.07, 6.45) is 1.01. The molecule has 0 aromatic heterocycles. The minimum absolute atomic E-state index is 0.0605. The summed E-state index contributed by atoms with van der Waals surface area (Å²) in [6.45, 7) is 0.879. The Hall–Kier alpha value is -1.88. The first-order chi connectivity index (χ1) is 8.13. The molecule has 5 nitrogen and oxygen atoms in total. The third-order valence-corrected chi connectivity index (χ3v) is 2.31. The van der Waals surface area contributed by atoms with Gasteiger partial charge in [0.15, 0.2) is 0 Å². The first-order valence-electron chi connectivity index (χ1n) is 5.42. The third-order valence-electron chi connectivity index (χ3n) is 2.31. The number of carboxylic acids is 1. The van der Waals surface area contributed by atoms with Gasteiger partial charge in [-0.25, -0.2) is 4.79 Å². The van der Waals surface area contributed by atoms with Crippen LogP contribution in [0.25, 0.3) is 0 Å². The van der Waals surface area contributed by atoms with Crippen molar-refractivity contribution in [1.82, 2.24) is 5.32 Å². The zero-order chi connectivity index (χ0) is 12.7. The highest BCUT2D eigenvalue weighted by Crippen LogP contribution is 2.04. The molecule has 0 bridgehead atoms. The maximum absolute atomic E-state index is 11.1. The van der Waals surface area contributed by atoms with Gasteiger partial charge in [0.2, 0.25) is 5.91 Å². The molecule has 4 N–H and O–H groups in total. The predicted molar refractivity (Wildman–Crippen MR) is 63.8 cm³/mol. The molecule has 0 atom stereocenters. The van der Waals surface area contributed by atoms with Crippen LogP contribution >= 0.6 is 0 Å². The van der Waals surface area contributed by atoms with E-state index >= 15 is 0 Å². The van der Waals surface area contributed by atoms with E-state index in [1.54, 1.807) is 24.3 Å². The number of nitrogens with one attached hydrogen (secondary N) is 1. The Morgan fingerprint density at radius 1 is 1.24 bits per heavy atom. The summed E-state index contributed by atoms with van der Waals surface area (Å²) in [4.78, 5) is 21.7. The van der Waals surface area contributed by atoms with Crippen molar-refractivity contribution in [3.8, 4) is 0 Å². The van der Waals surface area contributed by atoms with Gasteiger partial charge in [-0.15, -0.1) is 0 Å². The molecule has 0 aliphatic heterocycles. The molecule has 0 aliphatic carbocycles. The van der Waals surface area contributed by atoms with E-state index in [2.05, 4.69) is 5.32 Å². The van der Waals surface area contributed by atoms with Crippen molar-refractivity contribution < 1.29 is 14.7 Å². The third kappa shape index (κ3) is 4.65. The highest BCUT2D eigenvalue weighted by Gasteiger charge is 2.02. The van der Waals surface area contributed by atoms with E-state index in [-0.39, 0.29) is 11.5 Å². The van der Waals surface area contributed by atoms with Gasteiger partial charge in [0, 0.05) is 19.5 Å². The van der Waals surface area contributed by atoms with Crippen LogP contribution in [0.3, 0.4) is 0 Å². The minimum Gasteiger partial charge on any atom is -0.478 e. The SMILES string of the molecule is NCCC(=O)NCCc1ccc(C(=O)O)cc1. The van der Waals surface area contributed by atoms with Gasteiger partial charge in [-0.3, -0.25) is 4.79 Å². The molecule has 0 saturated heterocycles. The van der Waals surface area contributed by atoms with Crippen LogP contribution in [-0.4, -0.2) is 30.1 Å². The Bertz CT molecular complexity index is 387. The van der Waals surface area contributed by atoms with E-state index < -0.39 is 5.97 Å². The van der Waals surface area contributed by atoms with Crippen molar-refractivity contribution in [2.75, 3.05) is 13.1 Å². The zero-order valence-electron chi connectivity index (χ0n) is 9.48. The van der Waals surface area contributed by atoms with E-state index in [1.165, 1.54) is 0 Å². The molecule has 0 spiro atoms. The van der Waals surface area contributed by atoms with Crippen LogP contribution in [0.2, 0.25) is 0 Å². The molecule has 1 amide bonds. The lowest BCUT2D eigenvalue weighted by atomic mass is 10.1. The molecule has 0 saturated carbocycles. The second kappa shape index (κ2) is 6.65. The molecule has 17 heavy (non-hydrogen) atoms. The summed E-state index contributed by atoms with van der Waals surface area (Å²) in [5, 5.41) is 11.4.